The lowest BCUT2D eigenvalue weighted by Gasteiger charge is -2.14. The zero-order chi connectivity index (χ0) is 30.8. The van der Waals surface area contributed by atoms with Crippen LogP contribution in [0.4, 0.5) is 0 Å². The smallest absolute Gasteiger partial charge is 0.300 e. The molecule has 0 aromatic heterocycles. The first-order valence-corrected chi connectivity index (χ1v) is 16.6. The summed E-state index contributed by atoms with van der Waals surface area (Å²) in [7, 11) is -3.17. The number of ether oxygens (including phenoxy) is 1. The molecule has 3 rings (SSSR count). The Labute approximate surface area is 250 Å². The van der Waals surface area contributed by atoms with Gasteiger partial charge in [-0.1, -0.05) is 43.9 Å². The van der Waals surface area contributed by atoms with Crippen molar-refractivity contribution < 1.29 is 38.4 Å². The number of benzene rings is 2. The predicted molar refractivity (Wildman–Crippen MR) is 163 cm³/mol. The van der Waals surface area contributed by atoms with Gasteiger partial charge in [-0.05, 0) is 86.9 Å². The van der Waals surface area contributed by atoms with Crippen LogP contribution in [0.5, 0.6) is 5.75 Å². The summed E-state index contributed by atoms with van der Waals surface area (Å²) < 4.78 is 31.1. The van der Waals surface area contributed by atoms with Crippen LogP contribution in [-0.2, 0) is 32.4 Å². The van der Waals surface area contributed by atoms with E-state index < -0.39 is 21.9 Å². The molecule has 5 N–H and O–H groups in total. The van der Waals surface area contributed by atoms with Crippen molar-refractivity contribution in [2.75, 3.05) is 26.3 Å². The van der Waals surface area contributed by atoms with Crippen LogP contribution in [0.15, 0.2) is 47.4 Å². The highest BCUT2D eigenvalue weighted by Gasteiger charge is 2.30. The first kappa shape index (κ1) is 35.7. The third-order valence-corrected chi connectivity index (χ3v) is 9.66. The van der Waals surface area contributed by atoms with Crippen LogP contribution in [0.2, 0.25) is 0 Å². The zero-order valence-corrected chi connectivity index (χ0v) is 25.7. The fourth-order valence-corrected chi connectivity index (χ4v) is 6.83. The third kappa shape index (κ3) is 13.2. The van der Waals surface area contributed by atoms with Gasteiger partial charge in [-0.2, -0.15) is 0 Å². The average Bonchev–Trinajstić information content (AvgIpc) is 3.52. The van der Waals surface area contributed by atoms with E-state index in [9.17, 15) is 23.7 Å². The van der Waals surface area contributed by atoms with Crippen molar-refractivity contribution >= 4 is 15.8 Å². The SMILES string of the molecule is CC(=O)O.O=S(=O)(c1ccc(CCCCOCCCCCCNC[C@H](O)c2ccc(O)c(CO)c2)cc1)C1CCCC1. The number of rotatable bonds is 18. The minimum absolute atomic E-state index is 0.0385. The highest BCUT2D eigenvalue weighted by Crippen LogP contribution is 2.29. The second-order valence-corrected chi connectivity index (χ2v) is 13.1. The second-order valence-electron chi connectivity index (χ2n) is 10.9. The molecule has 0 radical (unpaired) electrons. The molecule has 1 aliphatic rings. The molecule has 0 heterocycles. The van der Waals surface area contributed by atoms with Crippen LogP contribution in [-0.4, -0.2) is 66.4 Å². The third-order valence-electron chi connectivity index (χ3n) is 7.39. The molecule has 0 amide bonds. The van der Waals surface area contributed by atoms with Crippen LogP contribution in [0.25, 0.3) is 0 Å². The van der Waals surface area contributed by atoms with Gasteiger partial charge in [-0.25, -0.2) is 8.42 Å². The molecule has 1 aliphatic carbocycles. The second kappa shape index (κ2) is 19.6. The maximum Gasteiger partial charge on any atom is 0.300 e. The van der Waals surface area contributed by atoms with E-state index in [0.29, 0.717) is 22.6 Å². The number of sulfone groups is 1. The lowest BCUT2D eigenvalue weighted by atomic mass is 10.1. The van der Waals surface area contributed by atoms with Crippen molar-refractivity contribution in [3.05, 3.63) is 59.2 Å². The molecule has 0 saturated heterocycles. The molecule has 42 heavy (non-hydrogen) atoms. The molecule has 0 spiro atoms. The molecule has 236 valence electrons. The summed E-state index contributed by atoms with van der Waals surface area (Å²) in [6.07, 6.45) is 10.2. The van der Waals surface area contributed by atoms with Crippen LogP contribution in [0, 0.1) is 0 Å². The summed E-state index contributed by atoms with van der Waals surface area (Å²) in [5.74, 6) is -0.795. The number of aliphatic hydroxyl groups is 2. The Hall–Kier alpha value is -2.50. The normalized spacial score (nSPS) is 14.4. The van der Waals surface area contributed by atoms with E-state index in [1.54, 1.807) is 24.3 Å². The fraction of sp³-hybridized carbons (Fsp3) is 0.594. The van der Waals surface area contributed by atoms with Crippen molar-refractivity contribution in [3.8, 4) is 5.75 Å². The Morgan fingerprint density at radius 1 is 0.976 bits per heavy atom. The summed E-state index contributed by atoms with van der Waals surface area (Å²) in [6.45, 7) is 3.61. The molecule has 9 nitrogen and oxygen atoms in total. The summed E-state index contributed by atoms with van der Waals surface area (Å²) in [4.78, 5) is 9.47. The van der Waals surface area contributed by atoms with Crippen LogP contribution in [0.3, 0.4) is 0 Å². The largest absolute Gasteiger partial charge is 0.508 e. The van der Waals surface area contributed by atoms with Crippen molar-refractivity contribution in [1.29, 1.82) is 0 Å². The molecule has 2 aromatic rings. The summed E-state index contributed by atoms with van der Waals surface area (Å²) in [5.41, 5.74) is 2.27. The van der Waals surface area contributed by atoms with Gasteiger partial charge in [0.05, 0.1) is 22.9 Å². The number of aryl methyl sites for hydroxylation is 1. The van der Waals surface area contributed by atoms with Gasteiger partial charge in [-0.3, -0.25) is 4.79 Å². The predicted octanol–water partition coefficient (Wildman–Crippen LogP) is 4.91. The minimum Gasteiger partial charge on any atom is -0.508 e. The number of aliphatic hydroxyl groups excluding tert-OH is 2. The molecule has 0 bridgehead atoms. The number of aromatic hydroxyl groups is 1. The standard InChI is InChI=1S/C30H45NO6S.C2H4O2/c32-23-26-21-25(14-17-29(26)33)30(34)22-31-18-6-1-2-7-19-37-20-8-5-9-24-12-15-28(16-13-24)38(35,36)27-10-3-4-11-27;1-2(3)4/h12-17,21,27,30-34H,1-11,18-20,22-23H2;1H3,(H,3,4)/t30-;/m0./s1. The number of carboxylic acid groups (broad SMARTS) is 1. The van der Waals surface area contributed by atoms with E-state index in [1.165, 1.54) is 11.6 Å². The van der Waals surface area contributed by atoms with E-state index in [4.69, 9.17) is 14.6 Å². The van der Waals surface area contributed by atoms with E-state index in [0.717, 1.165) is 97.3 Å². The van der Waals surface area contributed by atoms with Gasteiger partial charge in [0.15, 0.2) is 9.84 Å². The van der Waals surface area contributed by atoms with Gasteiger partial charge in [-0.15, -0.1) is 0 Å². The van der Waals surface area contributed by atoms with Crippen LogP contribution >= 0.6 is 0 Å². The quantitative estimate of drug-likeness (QED) is 0.149. The van der Waals surface area contributed by atoms with Gasteiger partial charge < -0.3 is 30.5 Å². The van der Waals surface area contributed by atoms with E-state index in [2.05, 4.69) is 5.32 Å². The van der Waals surface area contributed by atoms with Gasteiger partial charge in [0.25, 0.3) is 5.97 Å². The van der Waals surface area contributed by atoms with Crippen LogP contribution in [0.1, 0.15) is 93.9 Å². The van der Waals surface area contributed by atoms with Gasteiger partial charge >= 0.3 is 0 Å². The average molecular weight is 608 g/mol. The Kier molecular flexibility index (Phi) is 16.7. The highest BCUT2D eigenvalue weighted by atomic mass is 32.2. The summed E-state index contributed by atoms with van der Waals surface area (Å²) >= 11 is 0. The van der Waals surface area contributed by atoms with Gasteiger partial charge in [0.1, 0.15) is 5.75 Å². The Bertz CT molecular complexity index is 1140. The van der Waals surface area contributed by atoms with Crippen LogP contribution < -0.4 is 5.32 Å². The number of nitrogens with one attached hydrogen (secondary N) is 1. The molecule has 1 saturated carbocycles. The fourth-order valence-electron chi connectivity index (χ4n) is 4.98. The van der Waals surface area contributed by atoms with Gasteiger partial charge in [0, 0.05) is 32.2 Å². The zero-order valence-electron chi connectivity index (χ0n) is 24.8. The summed E-state index contributed by atoms with van der Waals surface area (Å²) in [6, 6.07) is 12.3. The first-order chi connectivity index (χ1) is 20.1. The molecule has 10 heteroatoms. The van der Waals surface area contributed by atoms with E-state index >= 15 is 0 Å². The lowest BCUT2D eigenvalue weighted by Crippen LogP contribution is -2.22. The van der Waals surface area contributed by atoms with Crippen molar-refractivity contribution in [3.63, 3.8) is 0 Å². The maximum atomic E-state index is 12.7. The summed E-state index contributed by atoms with van der Waals surface area (Å²) in [5, 5.41) is 39.6. The first-order valence-electron chi connectivity index (χ1n) is 15.1. The molecule has 0 aliphatic heterocycles. The Morgan fingerprint density at radius 3 is 2.24 bits per heavy atom. The number of phenols is 1. The highest BCUT2D eigenvalue weighted by molar-refractivity contribution is 7.92. The number of hydrogen-bond donors (Lipinski definition) is 5. The van der Waals surface area contributed by atoms with Crippen molar-refractivity contribution in [1.82, 2.24) is 5.32 Å². The molecular weight excluding hydrogens is 558 g/mol. The molecule has 1 fully saturated rings. The number of hydrogen-bond acceptors (Lipinski definition) is 8. The molecular formula is C32H49NO8S. The van der Waals surface area contributed by atoms with Crippen molar-refractivity contribution in [2.45, 2.75) is 100 Å². The number of carboxylic acids is 1. The number of aliphatic carboxylic acids is 1. The molecule has 2 aromatic carbocycles. The van der Waals surface area contributed by atoms with E-state index in [-0.39, 0.29) is 17.6 Å². The number of unbranched alkanes of at least 4 members (excludes halogenated alkanes) is 4. The molecule has 0 unspecified atom stereocenters. The lowest BCUT2D eigenvalue weighted by molar-refractivity contribution is -0.134. The Morgan fingerprint density at radius 2 is 1.60 bits per heavy atom. The number of carbonyl (C=O) groups is 1. The maximum absolute atomic E-state index is 12.7. The topological polar surface area (TPSA) is 153 Å². The van der Waals surface area contributed by atoms with Gasteiger partial charge in [0.2, 0.25) is 0 Å². The monoisotopic (exact) mass is 607 g/mol. The van der Waals surface area contributed by atoms with Crippen molar-refractivity contribution in [2.24, 2.45) is 0 Å². The minimum atomic E-state index is -3.17. The molecule has 1 atom stereocenters. The van der Waals surface area contributed by atoms with E-state index in [1.807, 2.05) is 12.1 Å². The Balaban J connectivity index is 0.00000144.